The smallest absolute Gasteiger partial charge is 0.266 e. The number of benzene rings is 3. The number of nitrogens with zero attached hydrogens (tertiary/aromatic N) is 2. The average molecular weight is 470 g/mol. The molecule has 31 heavy (non-hydrogen) atoms. The van der Waals surface area contributed by atoms with Crippen LogP contribution in [0.15, 0.2) is 65.0 Å². The molecule has 4 aromatic rings. The van der Waals surface area contributed by atoms with Gasteiger partial charge in [-0.3, -0.25) is 10.1 Å². The van der Waals surface area contributed by atoms with Crippen molar-refractivity contribution >= 4 is 56.5 Å². The standard InChI is InChI=1S/C23H20ClN3O2S2/c1-14-12-18(10-11-20(14)24)29-15(2)21(28)25-22-26-27-23(31-22)30-13-17-8-5-7-16-6-3-4-9-19(16)17/h3-12,15H,13H2,1-2H3,(H,25,26,28). The Morgan fingerprint density at radius 2 is 1.97 bits per heavy atom. The second-order valence-corrected chi connectivity index (χ2v) is 9.57. The van der Waals surface area contributed by atoms with Crippen molar-refractivity contribution in [2.75, 3.05) is 5.32 Å². The molecule has 1 atom stereocenters. The third-order valence-electron chi connectivity index (χ3n) is 4.68. The quantitative estimate of drug-likeness (QED) is 0.252. The van der Waals surface area contributed by atoms with E-state index in [9.17, 15) is 4.79 Å². The van der Waals surface area contributed by atoms with Gasteiger partial charge in [0.25, 0.3) is 5.91 Å². The Morgan fingerprint density at radius 3 is 2.81 bits per heavy atom. The topological polar surface area (TPSA) is 64.1 Å². The van der Waals surface area contributed by atoms with Gasteiger partial charge in [0, 0.05) is 10.8 Å². The van der Waals surface area contributed by atoms with Crippen molar-refractivity contribution in [2.45, 2.75) is 30.0 Å². The molecule has 4 rings (SSSR count). The van der Waals surface area contributed by atoms with E-state index in [1.54, 1.807) is 36.9 Å². The molecule has 1 heterocycles. The van der Waals surface area contributed by atoms with Crippen LogP contribution in [0.1, 0.15) is 18.1 Å². The van der Waals surface area contributed by atoms with Crippen LogP contribution in [0.2, 0.25) is 5.02 Å². The van der Waals surface area contributed by atoms with Gasteiger partial charge in [0.05, 0.1) is 0 Å². The van der Waals surface area contributed by atoms with Gasteiger partial charge in [-0.1, -0.05) is 77.2 Å². The SMILES string of the molecule is Cc1cc(OC(C)C(=O)Nc2nnc(SCc3cccc4ccccc34)s2)ccc1Cl. The molecule has 1 N–H and O–H groups in total. The predicted molar refractivity (Wildman–Crippen MR) is 128 cm³/mol. The van der Waals surface area contributed by atoms with Crippen LogP contribution in [-0.2, 0) is 10.5 Å². The van der Waals surface area contributed by atoms with Crippen LogP contribution in [0.3, 0.4) is 0 Å². The highest BCUT2D eigenvalue weighted by molar-refractivity contribution is 8.00. The predicted octanol–water partition coefficient (Wildman–Crippen LogP) is 6.35. The lowest BCUT2D eigenvalue weighted by atomic mass is 10.1. The molecule has 8 heteroatoms. The van der Waals surface area contributed by atoms with Gasteiger partial charge in [0.2, 0.25) is 5.13 Å². The van der Waals surface area contributed by atoms with Crippen molar-refractivity contribution in [3.05, 3.63) is 76.8 Å². The molecule has 0 saturated carbocycles. The molecule has 0 bridgehead atoms. The summed E-state index contributed by atoms with van der Waals surface area (Å²) in [6.45, 7) is 3.58. The molecule has 0 aliphatic rings. The number of nitrogens with one attached hydrogen (secondary N) is 1. The van der Waals surface area contributed by atoms with Gasteiger partial charge in [0.1, 0.15) is 5.75 Å². The molecule has 1 aromatic heterocycles. The van der Waals surface area contributed by atoms with E-state index >= 15 is 0 Å². The van der Waals surface area contributed by atoms with Gasteiger partial charge in [-0.05, 0) is 53.9 Å². The molecule has 1 unspecified atom stereocenters. The van der Waals surface area contributed by atoms with E-state index in [4.69, 9.17) is 16.3 Å². The van der Waals surface area contributed by atoms with E-state index in [1.807, 2.05) is 19.1 Å². The average Bonchev–Trinajstić information content (AvgIpc) is 3.22. The first-order valence-electron chi connectivity index (χ1n) is 9.66. The monoisotopic (exact) mass is 469 g/mol. The molecular formula is C23H20ClN3O2S2. The van der Waals surface area contributed by atoms with Crippen LogP contribution < -0.4 is 10.1 Å². The third-order valence-corrected chi connectivity index (χ3v) is 7.12. The summed E-state index contributed by atoms with van der Waals surface area (Å²) in [6.07, 6.45) is -0.684. The number of ether oxygens (including phenoxy) is 1. The minimum absolute atomic E-state index is 0.283. The zero-order valence-electron chi connectivity index (χ0n) is 17.0. The van der Waals surface area contributed by atoms with Gasteiger partial charge in [0.15, 0.2) is 10.4 Å². The summed E-state index contributed by atoms with van der Waals surface area (Å²) in [7, 11) is 0. The summed E-state index contributed by atoms with van der Waals surface area (Å²) in [5.74, 6) is 1.09. The molecule has 5 nitrogen and oxygen atoms in total. The number of anilines is 1. The number of halogens is 1. The van der Waals surface area contributed by atoms with Crippen molar-refractivity contribution in [1.82, 2.24) is 10.2 Å². The first-order chi connectivity index (χ1) is 15.0. The largest absolute Gasteiger partial charge is 0.481 e. The molecule has 0 radical (unpaired) electrons. The molecule has 0 aliphatic carbocycles. The summed E-state index contributed by atoms with van der Waals surface area (Å²) in [4.78, 5) is 12.5. The Balaban J connectivity index is 1.35. The molecule has 1 amide bonds. The van der Waals surface area contributed by atoms with Crippen molar-refractivity contribution in [1.29, 1.82) is 0 Å². The van der Waals surface area contributed by atoms with E-state index < -0.39 is 6.10 Å². The number of rotatable bonds is 7. The van der Waals surface area contributed by atoms with Gasteiger partial charge in [-0.15, -0.1) is 10.2 Å². The molecule has 0 spiro atoms. The summed E-state index contributed by atoms with van der Waals surface area (Å²) in [5.41, 5.74) is 2.13. The van der Waals surface area contributed by atoms with Crippen molar-refractivity contribution in [3.63, 3.8) is 0 Å². The molecule has 3 aromatic carbocycles. The fraction of sp³-hybridized carbons (Fsp3) is 0.174. The maximum absolute atomic E-state index is 12.5. The van der Waals surface area contributed by atoms with Crippen LogP contribution in [-0.4, -0.2) is 22.2 Å². The summed E-state index contributed by atoms with van der Waals surface area (Å²) >= 11 is 8.98. The maximum atomic E-state index is 12.5. The van der Waals surface area contributed by atoms with Gasteiger partial charge in [-0.25, -0.2) is 0 Å². The number of thioether (sulfide) groups is 1. The van der Waals surface area contributed by atoms with Crippen molar-refractivity contribution < 1.29 is 9.53 Å². The van der Waals surface area contributed by atoms with Crippen molar-refractivity contribution in [2.24, 2.45) is 0 Å². The lowest BCUT2D eigenvalue weighted by Gasteiger charge is -2.14. The lowest BCUT2D eigenvalue weighted by molar-refractivity contribution is -0.122. The van der Waals surface area contributed by atoms with Gasteiger partial charge >= 0.3 is 0 Å². The fourth-order valence-corrected chi connectivity index (χ4v) is 4.91. The van der Waals surface area contributed by atoms with E-state index in [1.165, 1.54) is 27.7 Å². The van der Waals surface area contributed by atoms with Crippen LogP contribution in [0, 0.1) is 6.92 Å². The second-order valence-electron chi connectivity index (χ2n) is 6.96. The molecule has 0 aliphatic heterocycles. The summed E-state index contributed by atoms with van der Waals surface area (Å²) in [5, 5.41) is 14.6. The van der Waals surface area contributed by atoms with Crippen LogP contribution in [0.5, 0.6) is 5.75 Å². The first kappa shape index (κ1) is 21.6. The molecule has 0 fully saturated rings. The number of carbonyl (C=O) groups is 1. The Morgan fingerprint density at radius 1 is 1.16 bits per heavy atom. The van der Waals surface area contributed by atoms with Crippen LogP contribution in [0.4, 0.5) is 5.13 Å². The number of carbonyl (C=O) groups excluding carboxylic acids is 1. The number of fused-ring (bicyclic) bond motifs is 1. The highest BCUT2D eigenvalue weighted by atomic mass is 35.5. The highest BCUT2D eigenvalue weighted by Crippen LogP contribution is 2.31. The number of amides is 1. The lowest BCUT2D eigenvalue weighted by Crippen LogP contribution is -2.30. The number of hydrogen-bond donors (Lipinski definition) is 1. The van der Waals surface area contributed by atoms with Crippen LogP contribution in [0.25, 0.3) is 10.8 Å². The van der Waals surface area contributed by atoms with Crippen molar-refractivity contribution in [3.8, 4) is 5.75 Å². The van der Waals surface area contributed by atoms with E-state index in [0.717, 1.165) is 15.7 Å². The highest BCUT2D eigenvalue weighted by Gasteiger charge is 2.17. The zero-order chi connectivity index (χ0) is 21.8. The molecular weight excluding hydrogens is 450 g/mol. The summed E-state index contributed by atoms with van der Waals surface area (Å²) < 4.78 is 6.51. The Kier molecular flexibility index (Phi) is 6.75. The number of hydrogen-bond acceptors (Lipinski definition) is 6. The molecule has 0 saturated heterocycles. The minimum atomic E-state index is -0.684. The van der Waals surface area contributed by atoms with E-state index in [2.05, 4.69) is 45.8 Å². The number of aryl methyl sites for hydroxylation is 1. The molecule has 158 valence electrons. The number of aromatic nitrogens is 2. The maximum Gasteiger partial charge on any atom is 0.266 e. The third kappa shape index (κ3) is 5.36. The Labute approximate surface area is 193 Å². The summed E-state index contributed by atoms with van der Waals surface area (Å²) in [6, 6.07) is 19.9. The van der Waals surface area contributed by atoms with E-state index in [0.29, 0.717) is 15.9 Å². The van der Waals surface area contributed by atoms with Crippen LogP contribution >= 0.6 is 34.7 Å². The minimum Gasteiger partial charge on any atom is -0.481 e. The van der Waals surface area contributed by atoms with Gasteiger partial charge in [-0.2, -0.15) is 0 Å². The zero-order valence-corrected chi connectivity index (χ0v) is 19.4. The van der Waals surface area contributed by atoms with E-state index in [-0.39, 0.29) is 5.91 Å². The Hall–Kier alpha value is -2.61. The second kappa shape index (κ2) is 9.68. The Bertz CT molecular complexity index is 1220. The van der Waals surface area contributed by atoms with Gasteiger partial charge < -0.3 is 4.74 Å². The fourth-order valence-electron chi connectivity index (χ4n) is 3.03. The normalized spacial score (nSPS) is 12.0. The first-order valence-corrected chi connectivity index (χ1v) is 11.8.